The average molecular weight is 475 g/mol. The van der Waals surface area contributed by atoms with E-state index in [-0.39, 0.29) is 11.6 Å². The lowest BCUT2D eigenvalue weighted by atomic mass is 9.92. The van der Waals surface area contributed by atoms with Gasteiger partial charge >= 0.3 is 0 Å². The number of furan rings is 1. The molecule has 1 aliphatic carbocycles. The number of tetrazole rings is 1. The minimum atomic E-state index is -0.0208. The molecule has 0 unspecified atom stereocenters. The predicted molar refractivity (Wildman–Crippen MR) is 135 cm³/mol. The second-order valence-corrected chi connectivity index (χ2v) is 9.56. The summed E-state index contributed by atoms with van der Waals surface area (Å²) in [5.41, 5.74) is 2.92. The van der Waals surface area contributed by atoms with Gasteiger partial charge in [0.2, 0.25) is 0 Å². The summed E-state index contributed by atoms with van der Waals surface area (Å²) in [5.74, 6) is 1.63. The maximum Gasteiger partial charge on any atom is 0.252 e. The number of fused-ring (bicyclic) bond motifs is 1. The van der Waals surface area contributed by atoms with Crippen LogP contribution in [0.25, 0.3) is 10.9 Å². The van der Waals surface area contributed by atoms with Crippen molar-refractivity contribution in [3.8, 4) is 0 Å². The molecule has 8 heteroatoms. The van der Waals surface area contributed by atoms with Crippen LogP contribution in [0.15, 0.2) is 51.9 Å². The van der Waals surface area contributed by atoms with E-state index in [0.717, 1.165) is 53.7 Å². The fourth-order valence-electron chi connectivity index (χ4n) is 5.42. The number of H-pyrrole nitrogens is 1. The van der Waals surface area contributed by atoms with E-state index in [9.17, 15) is 4.79 Å². The monoisotopic (exact) mass is 474 g/mol. The Morgan fingerprint density at radius 3 is 2.77 bits per heavy atom. The van der Waals surface area contributed by atoms with Gasteiger partial charge in [-0.05, 0) is 77.4 Å². The zero-order chi connectivity index (χ0) is 24.2. The van der Waals surface area contributed by atoms with Crippen molar-refractivity contribution in [3.63, 3.8) is 0 Å². The predicted octanol–water partition coefficient (Wildman–Crippen LogP) is 5.00. The van der Waals surface area contributed by atoms with Crippen LogP contribution in [0.5, 0.6) is 0 Å². The normalized spacial score (nSPS) is 15.7. The summed E-state index contributed by atoms with van der Waals surface area (Å²) in [6, 6.07) is 12.5. The van der Waals surface area contributed by atoms with E-state index in [1.807, 2.05) is 22.9 Å². The third-order valence-corrected chi connectivity index (χ3v) is 7.32. The molecule has 0 radical (unpaired) electrons. The number of nitrogens with one attached hydrogen (secondary N) is 1. The highest BCUT2D eigenvalue weighted by Gasteiger charge is 2.32. The first-order chi connectivity index (χ1) is 17.2. The van der Waals surface area contributed by atoms with E-state index in [2.05, 4.69) is 57.5 Å². The van der Waals surface area contributed by atoms with Crippen molar-refractivity contribution in [2.45, 2.75) is 84.0 Å². The van der Waals surface area contributed by atoms with Crippen molar-refractivity contribution in [2.24, 2.45) is 0 Å². The zero-order valence-corrected chi connectivity index (χ0v) is 20.6. The summed E-state index contributed by atoms with van der Waals surface area (Å²) in [6.45, 7) is 5.38. The van der Waals surface area contributed by atoms with Crippen molar-refractivity contribution in [3.05, 3.63) is 75.7 Å². The Bertz CT molecular complexity index is 1300. The van der Waals surface area contributed by atoms with Crippen LogP contribution in [0.3, 0.4) is 0 Å². The Balaban J connectivity index is 1.51. The standard InChI is InChI=1S/C27H34N6O2/c1-3-19-12-13-24-20(15-19)16-21(27(34)28-24)17-32(22-9-6-5-7-10-22)25(4-2)26-29-30-31-33(26)18-23-11-8-14-35-23/h8,11-16,22,25H,3-7,9-10,17-18H2,1-2H3,(H,28,34)/t25-/m0/s1. The Kier molecular flexibility index (Phi) is 7.08. The number of hydrogen-bond donors (Lipinski definition) is 1. The maximum absolute atomic E-state index is 13.1. The SMILES string of the molecule is CCc1ccc2[nH]c(=O)c(CN(C3CCCCC3)[C@@H](CC)c3nnnn3Cc3ccco3)cc2c1. The van der Waals surface area contributed by atoms with Crippen molar-refractivity contribution >= 4 is 10.9 Å². The van der Waals surface area contributed by atoms with Gasteiger partial charge in [0.1, 0.15) is 12.3 Å². The number of pyridine rings is 1. The largest absolute Gasteiger partial charge is 0.467 e. The van der Waals surface area contributed by atoms with Gasteiger partial charge in [0.05, 0.1) is 12.3 Å². The molecular weight excluding hydrogens is 440 g/mol. The molecule has 8 nitrogen and oxygen atoms in total. The van der Waals surface area contributed by atoms with Gasteiger partial charge in [0.25, 0.3) is 5.56 Å². The number of aromatic amines is 1. The van der Waals surface area contributed by atoms with Crippen LogP contribution in [0.2, 0.25) is 0 Å². The highest BCUT2D eigenvalue weighted by atomic mass is 16.3. The van der Waals surface area contributed by atoms with Crippen LogP contribution in [0, 0.1) is 0 Å². The van der Waals surface area contributed by atoms with E-state index in [4.69, 9.17) is 4.42 Å². The molecule has 184 valence electrons. The molecule has 1 saturated carbocycles. The lowest BCUT2D eigenvalue weighted by Gasteiger charge is -2.39. The number of aromatic nitrogens is 5. The molecule has 1 aliphatic rings. The quantitative estimate of drug-likeness (QED) is 0.367. The Morgan fingerprint density at radius 2 is 2.03 bits per heavy atom. The van der Waals surface area contributed by atoms with Gasteiger partial charge in [-0.25, -0.2) is 4.68 Å². The van der Waals surface area contributed by atoms with Crippen molar-refractivity contribution in [2.75, 3.05) is 0 Å². The smallest absolute Gasteiger partial charge is 0.252 e. The van der Waals surface area contributed by atoms with E-state index in [0.29, 0.717) is 19.1 Å². The van der Waals surface area contributed by atoms with E-state index < -0.39 is 0 Å². The zero-order valence-electron chi connectivity index (χ0n) is 20.6. The molecule has 0 saturated heterocycles. The van der Waals surface area contributed by atoms with Crippen LogP contribution >= 0.6 is 0 Å². The van der Waals surface area contributed by atoms with E-state index >= 15 is 0 Å². The number of aryl methyl sites for hydroxylation is 1. The molecule has 3 heterocycles. The van der Waals surface area contributed by atoms with E-state index in [1.54, 1.807) is 6.26 Å². The molecule has 1 fully saturated rings. The summed E-state index contributed by atoms with van der Waals surface area (Å²) in [5, 5.41) is 13.8. The second-order valence-electron chi connectivity index (χ2n) is 9.56. The molecule has 0 bridgehead atoms. The molecular formula is C27H34N6O2. The number of benzene rings is 1. The first-order valence-electron chi connectivity index (χ1n) is 12.8. The third kappa shape index (κ3) is 5.07. The first-order valence-corrected chi connectivity index (χ1v) is 12.8. The van der Waals surface area contributed by atoms with Crippen LogP contribution < -0.4 is 5.56 Å². The fourth-order valence-corrected chi connectivity index (χ4v) is 5.42. The molecule has 0 aliphatic heterocycles. The maximum atomic E-state index is 13.1. The van der Waals surface area contributed by atoms with Crippen LogP contribution in [0.4, 0.5) is 0 Å². The van der Waals surface area contributed by atoms with Crippen LogP contribution in [0.1, 0.15) is 81.1 Å². The molecule has 5 rings (SSSR count). The molecule has 1 aromatic carbocycles. The fraction of sp³-hybridized carbons (Fsp3) is 0.481. The molecule has 1 atom stereocenters. The van der Waals surface area contributed by atoms with Crippen molar-refractivity contribution in [1.82, 2.24) is 30.1 Å². The van der Waals surface area contributed by atoms with Gasteiger partial charge in [-0.1, -0.05) is 39.2 Å². The van der Waals surface area contributed by atoms with Crippen molar-refractivity contribution in [1.29, 1.82) is 0 Å². The highest BCUT2D eigenvalue weighted by Crippen LogP contribution is 2.33. The minimum absolute atomic E-state index is 0.000125. The number of hydrogen-bond acceptors (Lipinski definition) is 6. The molecule has 4 aromatic rings. The molecule has 0 amide bonds. The van der Waals surface area contributed by atoms with Gasteiger partial charge < -0.3 is 9.40 Å². The van der Waals surface area contributed by atoms with Gasteiger partial charge in [-0.3, -0.25) is 9.69 Å². The van der Waals surface area contributed by atoms with Gasteiger partial charge in [0.15, 0.2) is 5.82 Å². The van der Waals surface area contributed by atoms with Crippen LogP contribution in [-0.2, 0) is 19.5 Å². The Hall–Kier alpha value is -3.26. The molecule has 35 heavy (non-hydrogen) atoms. The Morgan fingerprint density at radius 1 is 1.17 bits per heavy atom. The molecule has 3 aromatic heterocycles. The molecule has 0 spiro atoms. The summed E-state index contributed by atoms with van der Waals surface area (Å²) < 4.78 is 7.38. The third-order valence-electron chi connectivity index (χ3n) is 7.32. The first kappa shape index (κ1) is 23.5. The summed E-state index contributed by atoms with van der Waals surface area (Å²) in [4.78, 5) is 18.7. The summed E-state index contributed by atoms with van der Waals surface area (Å²) in [6.07, 6.45) is 9.43. The lowest BCUT2D eigenvalue weighted by molar-refractivity contribution is 0.0842. The average Bonchev–Trinajstić information content (AvgIpc) is 3.57. The Labute approximate surface area is 205 Å². The lowest BCUT2D eigenvalue weighted by Crippen LogP contribution is -2.41. The van der Waals surface area contributed by atoms with Gasteiger partial charge in [-0.2, -0.15) is 0 Å². The highest BCUT2D eigenvalue weighted by molar-refractivity contribution is 5.79. The van der Waals surface area contributed by atoms with E-state index in [1.165, 1.54) is 24.8 Å². The van der Waals surface area contributed by atoms with Crippen molar-refractivity contribution < 1.29 is 4.42 Å². The number of rotatable bonds is 9. The second kappa shape index (κ2) is 10.6. The molecule has 1 N–H and O–H groups in total. The minimum Gasteiger partial charge on any atom is -0.467 e. The summed E-state index contributed by atoms with van der Waals surface area (Å²) in [7, 11) is 0. The summed E-state index contributed by atoms with van der Waals surface area (Å²) >= 11 is 0. The topological polar surface area (TPSA) is 92.8 Å². The van der Waals surface area contributed by atoms with Gasteiger partial charge in [0, 0.05) is 23.7 Å². The van der Waals surface area contributed by atoms with Gasteiger partial charge in [-0.15, -0.1) is 5.10 Å². The van der Waals surface area contributed by atoms with Crippen LogP contribution in [-0.4, -0.2) is 36.1 Å². The number of nitrogens with zero attached hydrogens (tertiary/aromatic N) is 5.